The minimum absolute atomic E-state index is 0.0385. The van der Waals surface area contributed by atoms with Gasteiger partial charge in [-0.3, -0.25) is 4.31 Å². The number of anilines is 1. The summed E-state index contributed by atoms with van der Waals surface area (Å²) in [6.07, 6.45) is 0. The second kappa shape index (κ2) is 8.45. The van der Waals surface area contributed by atoms with Crippen LogP contribution in [0.5, 0.6) is 17.2 Å². The predicted molar refractivity (Wildman–Crippen MR) is 115 cm³/mol. The lowest BCUT2D eigenvalue weighted by atomic mass is 10.2. The maximum atomic E-state index is 13.7. The van der Waals surface area contributed by atoms with E-state index >= 15 is 0 Å². The van der Waals surface area contributed by atoms with Crippen LogP contribution in [0.15, 0.2) is 71.6 Å². The van der Waals surface area contributed by atoms with Crippen LogP contribution in [0.2, 0.25) is 5.02 Å². The van der Waals surface area contributed by atoms with Crippen molar-refractivity contribution in [2.75, 3.05) is 24.6 Å². The average Bonchev–Trinajstić information content (AvgIpc) is 2.78. The number of fused-ring (bicyclic) bond motifs is 1. The molecule has 0 aromatic heterocycles. The number of sulfonamides is 1. The van der Waals surface area contributed by atoms with Gasteiger partial charge in [0.25, 0.3) is 10.0 Å². The number of halogens is 1. The second-order valence-electron chi connectivity index (χ2n) is 6.58. The first-order valence-electron chi connectivity index (χ1n) is 9.29. The Labute approximate surface area is 180 Å². The van der Waals surface area contributed by atoms with E-state index in [4.69, 9.17) is 25.8 Å². The molecule has 8 heteroatoms. The van der Waals surface area contributed by atoms with Gasteiger partial charge in [-0.2, -0.15) is 0 Å². The van der Waals surface area contributed by atoms with E-state index in [1.54, 1.807) is 48.5 Å². The molecule has 0 atom stereocenters. The van der Waals surface area contributed by atoms with E-state index in [2.05, 4.69) is 0 Å². The summed E-state index contributed by atoms with van der Waals surface area (Å²) in [6, 6.07) is 18.7. The average molecular weight is 446 g/mol. The van der Waals surface area contributed by atoms with Gasteiger partial charge in [-0.25, -0.2) is 8.42 Å². The van der Waals surface area contributed by atoms with Crippen LogP contribution in [-0.4, -0.2) is 28.7 Å². The summed E-state index contributed by atoms with van der Waals surface area (Å²) in [7, 11) is -2.47. The van der Waals surface area contributed by atoms with Crippen molar-refractivity contribution in [2.45, 2.75) is 11.4 Å². The summed E-state index contributed by atoms with van der Waals surface area (Å²) in [5.41, 5.74) is 1.08. The zero-order valence-corrected chi connectivity index (χ0v) is 17.8. The van der Waals surface area contributed by atoms with Crippen molar-refractivity contribution in [1.29, 1.82) is 0 Å². The van der Waals surface area contributed by atoms with E-state index in [9.17, 15) is 8.42 Å². The van der Waals surface area contributed by atoms with Crippen molar-refractivity contribution in [1.82, 2.24) is 0 Å². The fourth-order valence-electron chi connectivity index (χ4n) is 3.23. The van der Waals surface area contributed by atoms with Crippen LogP contribution in [0.25, 0.3) is 0 Å². The van der Waals surface area contributed by atoms with Crippen molar-refractivity contribution < 1.29 is 22.6 Å². The zero-order chi connectivity index (χ0) is 21.1. The van der Waals surface area contributed by atoms with Crippen LogP contribution in [0, 0.1) is 0 Å². The molecule has 30 heavy (non-hydrogen) atoms. The molecule has 1 aliphatic rings. The van der Waals surface area contributed by atoms with E-state index in [-0.39, 0.29) is 11.4 Å². The fraction of sp³-hybridized carbons (Fsp3) is 0.182. The summed E-state index contributed by atoms with van der Waals surface area (Å²) in [5, 5.41) is 0.481. The van der Waals surface area contributed by atoms with Crippen LogP contribution in [0.4, 0.5) is 5.69 Å². The van der Waals surface area contributed by atoms with Crippen molar-refractivity contribution >= 4 is 27.3 Å². The van der Waals surface area contributed by atoms with Crippen LogP contribution in [-0.2, 0) is 16.6 Å². The standard InChI is InChI=1S/C22H20ClNO5S/c1-27-20-9-5-4-8-19(20)24(15-16-6-2-3-7-18(16)23)30(25,26)17-10-11-21-22(14-17)29-13-12-28-21/h2-11,14H,12-13,15H2,1H3. The summed E-state index contributed by atoms with van der Waals surface area (Å²) in [6.45, 7) is 0.835. The first kappa shape index (κ1) is 20.4. The number of hydrogen-bond donors (Lipinski definition) is 0. The summed E-state index contributed by atoms with van der Waals surface area (Å²) in [5.74, 6) is 1.36. The van der Waals surface area contributed by atoms with Gasteiger partial charge in [0.2, 0.25) is 0 Å². The molecule has 4 rings (SSSR count). The molecule has 0 unspecified atom stereocenters. The molecule has 0 saturated heterocycles. The lowest BCUT2D eigenvalue weighted by Crippen LogP contribution is -2.31. The van der Waals surface area contributed by atoms with Crippen LogP contribution < -0.4 is 18.5 Å². The molecule has 1 heterocycles. The zero-order valence-electron chi connectivity index (χ0n) is 16.2. The molecule has 0 aliphatic carbocycles. The molecule has 156 valence electrons. The first-order valence-corrected chi connectivity index (χ1v) is 11.1. The maximum Gasteiger partial charge on any atom is 0.264 e. The van der Waals surface area contributed by atoms with Crippen LogP contribution >= 0.6 is 11.6 Å². The Bertz CT molecular complexity index is 1170. The Balaban J connectivity index is 1.83. The Hall–Kier alpha value is -2.90. The number of benzene rings is 3. The Morgan fingerprint density at radius 2 is 1.67 bits per heavy atom. The molecular formula is C22H20ClNO5S. The fourth-order valence-corrected chi connectivity index (χ4v) is 4.89. The predicted octanol–water partition coefficient (Wildman–Crippen LogP) is 4.52. The number of hydrogen-bond acceptors (Lipinski definition) is 5. The summed E-state index contributed by atoms with van der Waals surface area (Å²) < 4.78 is 45.3. The number of ether oxygens (including phenoxy) is 3. The molecule has 0 saturated carbocycles. The molecule has 0 radical (unpaired) electrons. The van der Waals surface area contributed by atoms with Gasteiger partial charge in [0, 0.05) is 11.1 Å². The third kappa shape index (κ3) is 3.91. The first-order chi connectivity index (χ1) is 14.5. The Morgan fingerprint density at radius 3 is 2.43 bits per heavy atom. The van der Waals surface area contributed by atoms with E-state index in [0.717, 1.165) is 0 Å². The van der Waals surface area contributed by atoms with E-state index in [1.165, 1.54) is 23.5 Å². The largest absolute Gasteiger partial charge is 0.495 e. The number of para-hydroxylation sites is 2. The summed E-state index contributed by atoms with van der Waals surface area (Å²) in [4.78, 5) is 0.0877. The van der Waals surface area contributed by atoms with Crippen LogP contribution in [0.3, 0.4) is 0 Å². The minimum atomic E-state index is -3.98. The third-order valence-corrected chi connectivity index (χ3v) is 6.85. The van der Waals surface area contributed by atoms with Gasteiger partial charge in [0.1, 0.15) is 19.0 Å². The second-order valence-corrected chi connectivity index (χ2v) is 8.85. The molecular weight excluding hydrogens is 426 g/mol. The quantitative estimate of drug-likeness (QED) is 0.558. The Kier molecular flexibility index (Phi) is 5.74. The number of methoxy groups -OCH3 is 1. The highest BCUT2D eigenvalue weighted by Gasteiger charge is 2.29. The molecule has 0 amide bonds. The van der Waals surface area contributed by atoms with E-state index in [1.807, 2.05) is 6.07 Å². The molecule has 0 spiro atoms. The van der Waals surface area contributed by atoms with Crippen molar-refractivity contribution in [2.24, 2.45) is 0 Å². The monoisotopic (exact) mass is 445 g/mol. The van der Waals surface area contributed by atoms with Gasteiger partial charge < -0.3 is 14.2 Å². The highest BCUT2D eigenvalue weighted by Crippen LogP contribution is 2.37. The number of nitrogens with zero attached hydrogens (tertiary/aromatic N) is 1. The molecule has 3 aromatic rings. The Morgan fingerprint density at radius 1 is 0.967 bits per heavy atom. The van der Waals surface area contributed by atoms with E-state index < -0.39 is 10.0 Å². The third-order valence-electron chi connectivity index (χ3n) is 4.73. The molecule has 0 N–H and O–H groups in total. The van der Waals surface area contributed by atoms with E-state index in [0.29, 0.717) is 46.7 Å². The van der Waals surface area contributed by atoms with Gasteiger partial charge in [0.15, 0.2) is 11.5 Å². The van der Waals surface area contributed by atoms with Crippen molar-refractivity contribution in [3.05, 3.63) is 77.3 Å². The maximum absolute atomic E-state index is 13.7. The molecule has 6 nitrogen and oxygen atoms in total. The summed E-state index contributed by atoms with van der Waals surface area (Å²) >= 11 is 6.33. The molecule has 0 fully saturated rings. The van der Waals surface area contributed by atoms with Crippen molar-refractivity contribution in [3.8, 4) is 17.2 Å². The van der Waals surface area contributed by atoms with Gasteiger partial charge in [-0.15, -0.1) is 0 Å². The van der Waals surface area contributed by atoms with Gasteiger partial charge >= 0.3 is 0 Å². The minimum Gasteiger partial charge on any atom is -0.495 e. The smallest absolute Gasteiger partial charge is 0.264 e. The normalized spacial score (nSPS) is 13.0. The molecule has 1 aliphatic heterocycles. The highest BCUT2D eigenvalue weighted by atomic mass is 35.5. The number of rotatable bonds is 6. The van der Waals surface area contributed by atoms with Crippen LogP contribution in [0.1, 0.15) is 5.56 Å². The topological polar surface area (TPSA) is 65.1 Å². The van der Waals surface area contributed by atoms with Gasteiger partial charge in [-0.05, 0) is 35.9 Å². The molecule has 0 bridgehead atoms. The van der Waals surface area contributed by atoms with Crippen molar-refractivity contribution in [3.63, 3.8) is 0 Å². The van der Waals surface area contributed by atoms with Gasteiger partial charge in [-0.1, -0.05) is 41.9 Å². The SMILES string of the molecule is COc1ccccc1N(Cc1ccccc1Cl)S(=O)(=O)c1ccc2c(c1)OCCO2. The highest BCUT2D eigenvalue weighted by molar-refractivity contribution is 7.92. The lowest BCUT2D eigenvalue weighted by Gasteiger charge is -2.27. The lowest BCUT2D eigenvalue weighted by molar-refractivity contribution is 0.171. The molecule has 3 aromatic carbocycles. The van der Waals surface area contributed by atoms with Gasteiger partial charge in [0.05, 0.1) is 24.2 Å².